The summed E-state index contributed by atoms with van der Waals surface area (Å²) in [4.78, 5) is 22.8. The summed E-state index contributed by atoms with van der Waals surface area (Å²) in [7, 11) is 0. The number of hydrogen-bond donors (Lipinski definition) is 2. The van der Waals surface area contributed by atoms with Gasteiger partial charge in [-0.3, -0.25) is 4.79 Å². The van der Waals surface area contributed by atoms with Gasteiger partial charge in [0, 0.05) is 6.42 Å². The van der Waals surface area contributed by atoms with Crippen molar-refractivity contribution in [1.29, 1.82) is 0 Å². The number of rotatable bonds is 1. The molecule has 1 aromatic carbocycles. The molecule has 0 aliphatic carbocycles. The van der Waals surface area contributed by atoms with Gasteiger partial charge in [0.15, 0.2) is 0 Å². The minimum Gasteiger partial charge on any atom is -0.478 e. The molecule has 3 rings (SSSR count). The zero-order valence-electron chi connectivity index (χ0n) is 9.43. The Morgan fingerprint density at radius 3 is 2.94 bits per heavy atom. The van der Waals surface area contributed by atoms with Crippen molar-refractivity contribution < 1.29 is 24.2 Å². The number of ether oxygens (including phenoxy) is 2. The summed E-state index contributed by atoms with van der Waals surface area (Å²) in [6, 6.07) is 4.39. The first-order chi connectivity index (χ1) is 8.61. The van der Waals surface area contributed by atoms with Gasteiger partial charge in [-0.2, -0.15) is 0 Å². The quantitative estimate of drug-likeness (QED) is 0.771. The third kappa shape index (κ3) is 1.53. The maximum Gasteiger partial charge on any atom is 0.335 e. The first-order valence-corrected chi connectivity index (χ1v) is 5.56. The molecule has 94 valence electrons. The molecule has 2 N–H and O–H groups in total. The van der Waals surface area contributed by atoms with E-state index in [0.717, 1.165) is 0 Å². The summed E-state index contributed by atoms with van der Waals surface area (Å²) < 4.78 is 10.9. The van der Waals surface area contributed by atoms with Crippen LogP contribution in [0, 0.1) is 0 Å². The van der Waals surface area contributed by atoms with Gasteiger partial charge in [-0.05, 0) is 18.2 Å². The Balaban J connectivity index is 1.99. The maximum absolute atomic E-state index is 12.0. The van der Waals surface area contributed by atoms with E-state index in [1.807, 2.05) is 0 Å². The second kappa shape index (κ2) is 3.71. The number of nitrogens with one attached hydrogen (secondary N) is 1. The normalized spacial score (nSPS) is 25.4. The fraction of sp³-hybridized carbons (Fsp3) is 0.333. The molecule has 0 bridgehead atoms. The van der Waals surface area contributed by atoms with Gasteiger partial charge in [0.05, 0.1) is 24.5 Å². The third-order valence-electron chi connectivity index (χ3n) is 3.18. The lowest BCUT2D eigenvalue weighted by Gasteiger charge is -2.33. The summed E-state index contributed by atoms with van der Waals surface area (Å²) in [6.07, 6.45) is 0.499. The molecule has 1 saturated heterocycles. The molecule has 0 saturated carbocycles. The smallest absolute Gasteiger partial charge is 0.335 e. The molecule has 18 heavy (non-hydrogen) atoms. The number of amides is 1. The van der Waals surface area contributed by atoms with Crippen LogP contribution in [-0.4, -0.2) is 35.8 Å². The summed E-state index contributed by atoms with van der Waals surface area (Å²) in [5, 5.41) is 11.6. The van der Waals surface area contributed by atoms with E-state index in [1.165, 1.54) is 12.1 Å². The molecular formula is C12H11NO5. The van der Waals surface area contributed by atoms with Gasteiger partial charge in [-0.25, -0.2) is 4.79 Å². The van der Waals surface area contributed by atoms with Crippen molar-refractivity contribution in [3.8, 4) is 5.75 Å². The molecule has 1 amide bonds. The van der Waals surface area contributed by atoms with Crippen molar-refractivity contribution >= 4 is 17.6 Å². The molecule has 0 radical (unpaired) electrons. The molecule has 1 fully saturated rings. The van der Waals surface area contributed by atoms with E-state index >= 15 is 0 Å². The van der Waals surface area contributed by atoms with Crippen molar-refractivity contribution in [1.82, 2.24) is 0 Å². The lowest BCUT2D eigenvalue weighted by atomic mass is 9.99. The number of carboxylic acids is 1. The third-order valence-corrected chi connectivity index (χ3v) is 3.18. The summed E-state index contributed by atoms with van der Waals surface area (Å²) >= 11 is 0. The minimum absolute atomic E-state index is 0.108. The maximum atomic E-state index is 12.0. The van der Waals surface area contributed by atoms with Gasteiger partial charge in [0.1, 0.15) is 5.75 Å². The van der Waals surface area contributed by atoms with E-state index < -0.39 is 11.6 Å². The average molecular weight is 249 g/mol. The first-order valence-electron chi connectivity index (χ1n) is 5.56. The van der Waals surface area contributed by atoms with Gasteiger partial charge in [-0.1, -0.05) is 0 Å². The Labute approximate surface area is 103 Å². The van der Waals surface area contributed by atoms with Crippen LogP contribution in [-0.2, 0) is 9.53 Å². The molecule has 6 heteroatoms. The summed E-state index contributed by atoms with van der Waals surface area (Å²) in [5.41, 5.74) is -0.466. The summed E-state index contributed by atoms with van der Waals surface area (Å²) in [6.45, 7) is 0.703. The summed E-state index contributed by atoms with van der Waals surface area (Å²) in [5.74, 6) is -0.850. The zero-order chi connectivity index (χ0) is 12.8. The highest BCUT2D eigenvalue weighted by atomic mass is 16.6. The van der Waals surface area contributed by atoms with E-state index in [0.29, 0.717) is 24.5 Å². The van der Waals surface area contributed by atoms with E-state index in [-0.39, 0.29) is 18.1 Å². The van der Waals surface area contributed by atoms with Crippen molar-refractivity contribution in [2.45, 2.75) is 12.0 Å². The van der Waals surface area contributed by atoms with E-state index in [2.05, 4.69) is 5.32 Å². The highest BCUT2D eigenvalue weighted by Gasteiger charge is 2.48. The topological polar surface area (TPSA) is 84.9 Å². The molecule has 2 heterocycles. The second-order valence-corrected chi connectivity index (χ2v) is 4.37. The van der Waals surface area contributed by atoms with Crippen LogP contribution in [0.15, 0.2) is 18.2 Å². The number of hydrogen-bond acceptors (Lipinski definition) is 4. The van der Waals surface area contributed by atoms with Crippen molar-refractivity contribution in [3.05, 3.63) is 23.8 Å². The van der Waals surface area contributed by atoms with Crippen molar-refractivity contribution in [3.63, 3.8) is 0 Å². The van der Waals surface area contributed by atoms with Gasteiger partial charge in [0.25, 0.3) is 5.91 Å². The Hall–Kier alpha value is -2.08. The Bertz CT molecular complexity index is 533. The molecular weight excluding hydrogens is 238 g/mol. The van der Waals surface area contributed by atoms with Crippen LogP contribution in [0.2, 0.25) is 0 Å². The number of benzene rings is 1. The Morgan fingerprint density at radius 1 is 1.44 bits per heavy atom. The number of fused-ring (bicyclic) bond motifs is 1. The monoisotopic (exact) mass is 249 g/mol. The SMILES string of the molecule is O=C(O)c1ccc2c(c1)NC(=O)C1(CCOC1)O2. The zero-order valence-corrected chi connectivity index (χ0v) is 9.43. The number of carbonyl (C=O) groups excluding carboxylic acids is 1. The second-order valence-electron chi connectivity index (χ2n) is 4.37. The number of carbonyl (C=O) groups is 2. The predicted molar refractivity (Wildman–Crippen MR) is 60.8 cm³/mol. The average Bonchev–Trinajstić information content (AvgIpc) is 2.79. The molecule has 0 aromatic heterocycles. The molecule has 1 atom stereocenters. The van der Waals surface area contributed by atoms with Crippen molar-refractivity contribution in [2.24, 2.45) is 0 Å². The van der Waals surface area contributed by atoms with Gasteiger partial charge in [0.2, 0.25) is 5.60 Å². The fourth-order valence-corrected chi connectivity index (χ4v) is 2.15. The van der Waals surface area contributed by atoms with E-state index in [9.17, 15) is 9.59 Å². The highest BCUT2D eigenvalue weighted by molar-refractivity contribution is 6.02. The van der Waals surface area contributed by atoms with E-state index in [1.54, 1.807) is 6.07 Å². The molecule has 6 nitrogen and oxygen atoms in total. The van der Waals surface area contributed by atoms with Gasteiger partial charge >= 0.3 is 5.97 Å². The fourth-order valence-electron chi connectivity index (χ4n) is 2.15. The lowest BCUT2D eigenvalue weighted by Crippen LogP contribution is -2.51. The largest absolute Gasteiger partial charge is 0.478 e. The van der Waals surface area contributed by atoms with Crippen LogP contribution in [0.1, 0.15) is 16.8 Å². The van der Waals surface area contributed by atoms with Gasteiger partial charge in [-0.15, -0.1) is 0 Å². The Morgan fingerprint density at radius 2 is 2.28 bits per heavy atom. The molecule has 1 spiro atoms. The van der Waals surface area contributed by atoms with Crippen LogP contribution >= 0.6 is 0 Å². The lowest BCUT2D eigenvalue weighted by molar-refractivity contribution is -0.132. The standard InChI is InChI=1S/C12H11NO5/c14-10(15)7-1-2-9-8(5-7)13-11(16)12(18-9)3-4-17-6-12/h1-2,5H,3-4,6H2,(H,13,16)(H,14,15). The van der Waals surface area contributed by atoms with Crippen molar-refractivity contribution in [2.75, 3.05) is 18.5 Å². The number of aromatic carboxylic acids is 1. The Kier molecular flexibility index (Phi) is 2.27. The molecule has 2 aliphatic heterocycles. The van der Waals surface area contributed by atoms with Crippen LogP contribution < -0.4 is 10.1 Å². The van der Waals surface area contributed by atoms with Gasteiger partial charge < -0.3 is 19.9 Å². The van der Waals surface area contributed by atoms with Crippen LogP contribution in [0.3, 0.4) is 0 Å². The first kappa shape index (κ1) is 11.0. The van der Waals surface area contributed by atoms with E-state index in [4.69, 9.17) is 14.6 Å². The van der Waals surface area contributed by atoms with Crippen LogP contribution in [0.5, 0.6) is 5.75 Å². The highest BCUT2D eigenvalue weighted by Crippen LogP contribution is 2.37. The molecule has 1 unspecified atom stereocenters. The number of carboxylic acid groups (broad SMARTS) is 1. The number of anilines is 1. The molecule has 1 aromatic rings. The minimum atomic E-state index is -1.04. The van der Waals surface area contributed by atoms with Crippen LogP contribution in [0.4, 0.5) is 5.69 Å². The molecule has 2 aliphatic rings. The predicted octanol–water partition coefficient (Wildman–Crippen LogP) is 0.875. The van der Waals surface area contributed by atoms with Crippen LogP contribution in [0.25, 0.3) is 0 Å².